The monoisotopic (exact) mass is 356 g/mol. The van der Waals surface area contributed by atoms with Crippen LogP contribution in [0, 0.1) is 0 Å². The van der Waals surface area contributed by atoms with E-state index in [1.54, 1.807) is 0 Å². The molecule has 0 aliphatic heterocycles. The third-order valence-electron chi connectivity index (χ3n) is 4.69. The van der Waals surface area contributed by atoms with Crippen LogP contribution in [0.3, 0.4) is 0 Å². The predicted octanol–water partition coefficient (Wildman–Crippen LogP) is 7.06. The minimum Gasteiger partial charge on any atom is -0.0616 e. The van der Waals surface area contributed by atoms with Crippen molar-refractivity contribution < 1.29 is 0 Å². The molecule has 0 nitrogen and oxygen atoms in total. The first-order chi connectivity index (χ1) is 11.3. The summed E-state index contributed by atoms with van der Waals surface area (Å²) in [5.41, 5.74) is 0. The molecule has 0 heterocycles. The number of rotatable bonds is 0. The van der Waals surface area contributed by atoms with Gasteiger partial charge in [-0.2, -0.15) is 0 Å². The molecule has 5 rings (SSSR count). The van der Waals surface area contributed by atoms with Gasteiger partial charge in [0, 0.05) is 9.86 Å². The summed E-state index contributed by atoms with van der Waals surface area (Å²) in [7, 11) is 0. The summed E-state index contributed by atoms with van der Waals surface area (Å²) in [5, 5.41) is 10.4. The molecule has 23 heavy (non-hydrogen) atoms. The molecule has 0 saturated carbocycles. The van der Waals surface area contributed by atoms with E-state index in [1.807, 2.05) is 0 Å². The Morgan fingerprint density at radius 1 is 0.478 bits per heavy atom. The molecule has 0 bridgehead atoms. The molecule has 0 aliphatic rings. The van der Waals surface area contributed by atoms with Crippen LogP contribution in [0.5, 0.6) is 0 Å². The van der Waals surface area contributed by atoms with E-state index in [9.17, 15) is 0 Å². The molecule has 0 atom stereocenters. The van der Waals surface area contributed by atoms with Crippen LogP contribution in [0.1, 0.15) is 0 Å². The number of benzene rings is 5. The summed E-state index contributed by atoms with van der Waals surface area (Å²) in [6, 6.07) is 28.3. The molecule has 0 radical (unpaired) electrons. The third-order valence-corrected chi connectivity index (χ3v) is 5.51. The summed E-state index contributed by atoms with van der Waals surface area (Å²) in [6.45, 7) is 0. The van der Waals surface area contributed by atoms with Crippen LogP contribution >= 0.6 is 15.9 Å². The van der Waals surface area contributed by atoms with E-state index in [4.69, 9.17) is 0 Å². The van der Waals surface area contributed by atoms with Gasteiger partial charge in [-0.1, -0.05) is 72.8 Å². The molecule has 0 spiro atoms. The maximum absolute atomic E-state index is 3.89. The van der Waals surface area contributed by atoms with Gasteiger partial charge in [-0.15, -0.1) is 0 Å². The average Bonchev–Trinajstić information content (AvgIpc) is 2.62. The van der Waals surface area contributed by atoms with Crippen molar-refractivity contribution in [2.24, 2.45) is 0 Å². The minimum absolute atomic E-state index is 1.19. The number of hydrogen-bond donors (Lipinski definition) is 0. The Bertz CT molecular complexity index is 1220. The summed E-state index contributed by atoms with van der Waals surface area (Å²) in [5.74, 6) is 0. The van der Waals surface area contributed by atoms with Gasteiger partial charge in [0.05, 0.1) is 0 Å². The van der Waals surface area contributed by atoms with Crippen LogP contribution in [0.15, 0.2) is 83.3 Å². The van der Waals surface area contributed by atoms with E-state index in [1.165, 1.54) is 47.6 Å². The second kappa shape index (κ2) is 4.81. The zero-order valence-electron chi connectivity index (χ0n) is 12.4. The Hall–Kier alpha value is -2.38. The zero-order valence-corrected chi connectivity index (χ0v) is 14.0. The van der Waals surface area contributed by atoms with Gasteiger partial charge in [0.25, 0.3) is 0 Å². The van der Waals surface area contributed by atoms with Crippen LogP contribution in [0.2, 0.25) is 0 Å². The standard InChI is InChI=1S/C22H13Br/c23-22-15-8-2-1-7-14(15)13-20-18-11-4-3-9-16(18)17-10-5-6-12-19(17)21(20)22/h1-13H. The van der Waals surface area contributed by atoms with Crippen LogP contribution in [-0.4, -0.2) is 0 Å². The Labute approximate surface area is 142 Å². The maximum atomic E-state index is 3.89. The summed E-state index contributed by atoms with van der Waals surface area (Å²) in [6.07, 6.45) is 0. The van der Waals surface area contributed by atoms with E-state index < -0.39 is 0 Å². The molecule has 0 aromatic heterocycles. The molecule has 0 fully saturated rings. The molecular formula is C22H13Br. The zero-order chi connectivity index (χ0) is 15.4. The van der Waals surface area contributed by atoms with E-state index in [2.05, 4.69) is 94.8 Å². The lowest BCUT2D eigenvalue weighted by Gasteiger charge is -2.13. The lowest BCUT2D eigenvalue weighted by atomic mass is 9.92. The molecule has 5 aromatic rings. The molecule has 0 unspecified atom stereocenters. The van der Waals surface area contributed by atoms with Crippen molar-refractivity contribution in [3.8, 4) is 0 Å². The third kappa shape index (κ3) is 1.77. The first kappa shape index (κ1) is 13.1. The number of hydrogen-bond acceptors (Lipinski definition) is 0. The normalized spacial score (nSPS) is 11.7. The molecular weight excluding hydrogens is 344 g/mol. The fourth-order valence-corrected chi connectivity index (χ4v) is 4.46. The quantitative estimate of drug-likeness (QED) is 0.206. The van der Waals surface area contributed by atoms with Crippen molar-refractivity contribution in [3.05, 3.63) is 83.3 Å². The van der Waals surface area contributed by atoms with Crippen molar-refractivity contribution in [1.82, 2.24) is 0 Å². The number of fused-ring (bicyclic) bond motifs is 7. The van der Waals surface area contributed by atoms with Crippen LogP contribution in [0.4, 0.5) is 0 Å². The van der Waals surface area contributed by atoms with Gasteiger partial charge >= 0.3 is 0 Å². The van der Waals surface area contributed by atoms with E-state index >= 15 is 0 Å². The summed E-state index contributed by atoms with van der Waals surface area (Å²) in [4.78, 5) is 0. The minimum atomic E-state index is 1.19. The second-order valence-corrected chi connectivity index (χ2v) is 6.72. The Balaban J connectivity index is 2.22. The fourth-order valence-electron chi connectivity index (χ4n) is 3.67. The van der Waals surface area contributed by atoms with E-state index in [0.717, 1.165) is 0 Å². The molecule has 0 N–H and O–H groups in total. The topological polar surface area (TPSA) is 0 Å². The van der Waals surface area contributed by atoms with Gasteiger partial charge in [0.2, 0.25) is 0 Å². The maximum Gasteiger partial charge on any atom is 0.0338 e. The highest BCUT2D eigenvalue weighted by Gasteiger charge is 2.12. The lowest BCUT2D eigenvalue weighted by Crippen LogP contribution is -1.85. The SMILES string of the molecule is Brc1c2ccccc2cc2c3ccccc3c3ccccc3c12. The Kier molecular flexibility index (Phi) is 2.74. The molecule has 108 valence electrons. The summed E-state index contributed by atoms with van der Waals surface area (Å²) >= 11 is 3.89. The highest BCUT2D eigenvalue weighted by atomic mass is 79.9. The van der Waals surface area contributed by atoms with Crippen molar-refractivity contribution in [2.75, 3.05) is 0 Å². The average molecular weight is 357 g/mol. The van der Waals surface area contributed by atoms with Crippen molar-refractivity contribution in [3.63, 3.8) is 0 Å². The van der Waals surface area contributed by atoms with Crippen LogP contribution < -0.4 is 0 Å². The highest BCUT2D eigenvalue weighted by molar-refractivity contribution is 9.10. The van der Waals surface area contributed by atoms with E-state index in [-0.39, 0.29) is 0 Å². The van der Waals surface area contributed by atoms with Crippen molar-refractivity contribution >= 4 is 59.0 Å². The van der Waals surface area contributed by atoms with Gasteiger partial charge < -0.3 is 0 Å². The van der Waals surface area contributed by atoms with Crippen molar-refractivity contribution in [1.29, 1.82) is 0 Å². The highest BCUT2D eigenvalue weighted by Crippen LogP contribution is 2.41. The lowest BCUT2D eigenvalue weighted by molar-refractivity contribution is 1.76. The largest absolute Gasteiger partial charge is 0.0616 e. The number of halogens is 1. The fraction of sp³-hybridized carbons (Fsp3) is 0. The Morgan fingerprint density at radius 3 is 1.65 bits per heavy atom. The van der Waals surface area contributed by atoms with Crippen LogP contribution in [-0.2, 0) is 0 Å². The van der Waals surface area contributed by atoms with Crippen molar-refractivity contribution in [2.45, 2.75) is 0 Å². The molecule has 0 saturated heterocycles. The molecule has 1 heteroatoms. The smallest absolute Gasteiger partial charge is 0.0338 e. The Morgan fingerprint density at radius 2 is 0.957 bits per heavy atom. The second-order valence-electron chi connectivity index (χ2n) is 5.93. The van der Waals surface area contributed by atoms with Gasteiger partial charge in [-0.25, -0.2) is 0 Å². The van der Waals surface area contributed by atoms with Gasteiger partial charge in [0.15, 0.2) is 0 Å². The molecule has 0 aliphatic carbocycles. The summed E-state index contributed by atoms with van der Waals surface area (Å²) < 4.78 is 1.19. The van der Waals surface area contributed by atoms with E-state index in [0.29, 0.717) is 0 Å². The van der Waals surface area contributed by atoms with Gasteiger partial charge in [-0.3, -0.25) is 0 Å². The van der Waals surface area contributed by atoms with Gasteiger partial charge in [0.1, 0.15) is 0 Å². The first-order valence-electron chi connectivity index (χ1n) is 7.75. The van der Waals surface area contributed by atoms with Crippen LogP contribution in [0.25, 0.3) is 43.1 Å². The molecule has 0 amide bonds. The van der Waals surface area contributed by atoms with Gasteiger partial charge in [-0.05, 0) is 59.7 Å². The predicted molar refractivity (Wildman–Crippen MR) is 104 cm³/mol. The first-order valence-corrected chi connectivity index (χ1v) is 8.54. The molecule has 5 aromatic carbocycles.